The molecular weight excluding hydrogens is 405 g/mol. The molecule has 1 aliphatic carbocycles. The number of aryl methyl sites for hydroxylation is 1. The maximum absolute atomic E-state index is 14.0. The minimum atomic E-state index is -0.842. The molecule has 1 aromatic carbocycles. The zero-order chi connectivity index (χ0) is 22.8. The molecule has 0 radical (unpaired) electrons. The van der Waals surface area contributed by atoms with Gasteiger partial charge in [0.25, 0.3) is 12.4 Å². The number of pyridine rings is 1. The van der Waals surface area contributed by atoms with Crippen LogP contribution < -0.4 is 10.6 Å². The number of hydrogen-bond acceptors (Lipinski definition) is 5. The van der Waals surface area contributed by atoms with Crippen molar-refractivity contribution >= 4 is 18.3 Å². The van der Waals surface area contributed by atoms with Crippen molar-refractivity contribution in [2.75, 3.05) is 6.54 Å². The Hall–Kier alpha value is -3.33. The molecule has 0 aliphatic heterocycles. The summed E-state index contributed by atoms with van der Waals surface area (Å²) in [5, 5.41) is 22.7. The number of carbonyl (C=O) groups is 3. The van der Waals surface area contributed by atoms with Crippen LogP contribution in [-0.2, 0) is 16.0 Å². The summed E-state index contributed by atoms with van der Waals surface area (Å²) >= 11 is 0. The third-order valence-corrected chi connectivity index (χ3v) is 5.10. The number of nitrogens with one attached hydrogen (secondary N) is 2. The Morgan fingerprint density at radius 1 is 1.26 bits per heavy atom. The van der Waals surface area contributed by atoms with E-state index < -0.39 is 29.8 Å². The first-order valence-corrected chi connectivity index (χ1v) is 9.85. The van der Waals surface area contributed by atoms with Crippen LogP contribution in [0.5, 0.6) is 0 Å². The van der Waals surface area contributed by atoms with E-state index in [1.807, 2.05) is 12.1 Å². The molecule has 3 atom stereocenters. The van der Waals surface area contributed by atoms with Crippen LogP contribution in [0.25, 0.3) is 0 Å². The first-order valence-electron chi connectivity index (χ1n) is 9.85. The lowest BCUT2D eigenvalue weighted by Crippen LogP contribution is -2.40. The third-order valence-electron chi connectivity index (χ3n) is 5.10. The smallest absolute Gasteiger partial charge is 0.290 e. The molecule has 2 aromatic rings. The van der Waals surface area contributed by atoms with Crippen LogP contribution in [-0.4, -0.2) is 52.2 Å². The number of benzene rings is 1. The average molecular weight is 431 g/mol. The zero-order valence-electron chi connectivity index (χ0n) is 17.1. The van der Waals surface area contributed by atoms with E-state index in [1.54, 1.807) is 25.4 Å². The van der Waals surface area contributed by atoms with Gasteiger partial charge in [0.15, 0.2) is 0 Å². The minimum absolute atomic E-state index is 0.0286. The molecule has 2 amide bonds. The second kappa shape index (κ2) is 11.8. The number of nitrogens with zero attached hydrogens (tertiary/aromatic N) is 1. The van der Waals surface area contributed by atoms with Crippen LogP contribution in [0.3, 0.4) is 0 Å². The second-order valence-corrected chi connectivity index (χ2v) is 7.26. The third kappa shape index (κ3) is 6.85. The van der Waals surface area contributed by atoms with Crippen molar-refractivity contribution < 1.29 is 29.0 Å². The molecule has 4 N–H and O–H groups in total. The van der Waals surface area contributed by atoms with E-state index >= 15 is 0 Å². The standard InChI is InChI=1S/C21H24FN3O3.CH2O2/c1-13-4-2-6-16(22)19(13)21(28)25-17-10-15(11-18(17)26)20(27)24-9-7-14-5-3-8-23-12-14;2-1-3/h2-6,8,12,15,17-18,26H,7,9-11H2,1H3,(H,24,27)(H,25,28);1H,(H,2,3)/t15-,17+,18+;/m0./s1. The predicted octanol–water partition coefficient (Wildman–Crippen LogP) is 1.46. The Morgan fingerprint density at radius 3 is 2.65 bits per heavy atom. The summed E-state index contributed by atoms with van der Waals surface area (Å²) in [5.74, 6) is -1.72. The van der Waals surface area contributed by atoms with Crippen molar-refractivity contribution in [1.82, 2.24) is 15.6 Å². The van der Waals surface area contributed by atoms with E-state index in [0.29, 0.717) is 24.9 Å². The zero-order valence-corrected chi connectivity index (χ0v) is 17.1. The summed E-state index contributed by atoms with van der Waals surface area (Å²) in [6.45, 7) is 1.88. The molecule has 31 heavy (non-hydrogen) atoms. The fourth-order valence-electron chi connectivity index (χ4n) is 3.57. The molecule has 0 saturated heterocycles. The Kier molecular flexibility index (Phi) is 9.08. The van der Waals surface area contributed by atoms with Crippen molar-refractivity contribution in [2.45, 2.75) is 38.3 Å². The van der Waals surface area contributed by atoms with Gasteiger partial charge in [-0.3, -0.25) is 19.4 Å². The van der Waals surface area contributed by atoms with Gasteiger partial charge < -0.3 is 20.8 Å². The van der Waals surface area contributed by atoms with Gasteiger partial charge in [-0.15, -0.1) is 0 Å². The summed E-state index contributed by atoms with van der Waals surface area (Å²) in [6, 6.07) is 7.62. The summed E-state index contributed by atoms with van der Waals surface area (Å²) in [7, 11) is 0. The van der Waals surface area contributed by atoms with Crippen LogP contribution >= 0.6 is 0 Å². The number of hydrogen-bond donors (Lipinski definition) is 4. The van der Waals surface area contributed by atoms with Crippen LogP contribution in [0.4, 0.5) is 4.39 Å². The highest BCUT2D eigenvalue weighted by Crippen LogP contribution is 2.27. The van der Waals surface area contributed by atoms with E-state index in [0.717, 1.165) is 5.56 Å². The maximum Gasteiger partial charge on any atom is 0.290 e. The quantitative estimate of drug-likeness (QED) is 0.513. The molecule has 1 heterocycles. The lowest BCUT2D eigenvalue weighted by molar-refractivity contribution is -0.125. The highest BCUT2D eigenvalue weighted by atomic mass is 19.1. The number of amides is 2. The Balaban J connectivity index is 0.00000107. The molecule has 1 fully saturated rings. The van der Waals surface area contributed by atoms with E-state index in [2.05, 4.69) is 15.6 Å². The summed E-state index contributed by atoms with van der Waals surface area (Å²) in [6.07, 6.45) is 3.85. The average Bonchev–Trinajstić information content (AvgIpc) is 3.09. The highest BCUT2D eigenvalue weighted by molar-refractivity contribution is 5.96. The first-order chi connectivity index (χ1) is 14.9. The number of aliphatic hydroxyl groups excluding tert-OH is 1. The van der Waals surface area contributed by atoms with Gasteiger partial charge in [-0.1, -0.05) is 18.2 Å². The molecule has 1 aliphatic rings. The van der Waals surface area contributed by atoms with Crippen molar-refractivity contribution in [3.05, 3.63) is 65.2 Å². The van der Waals surface area contributed by atoms with Crippen molar-refractivity contribution in [2.24, 2.45) is 5.92 Å². The van der Waals surface area contributed by atoms with Gasteiger partial charge in [0.2, 0.25) is 5.91 Å². The topological polar surface area (TPSA) is 129 Å². The lowest BCUT2D eigenvalue weighted by atomic mass is 10.1. The second-order valence-electron chi connectivity index (χ2n) is 7.26. The summed E-state index contributed by atoms with van der Waals surface area (Å²) in [4.78, 5) is 37.2. The van der Waals surface area contributed by atoms with Gasteiger partial charge in [-0.25, -0.2) is 4.39 Å². The Bertz CT molecular complexity index is 874. The first kappa shape index (κ1) is 23.9. The van der Waals surface area contributed by atoms with Gasteiger partial charge in [0.1, 0.15) is 5.82 Å². The van der Waals surface area contributed by atoms with E-state index in [1.165, 1.54) is 12.1 Å². The SMILES string of the molecule is Cc1cccc(F)c1C(=O)N[C@@H]1C[C@H](C(=O)NCCc2cccnc2)C[C@H]1O.O=CO. The molecule has 1 saturated carbocycles. The molecule has 0 unspecified atom stereocenters. The minimum Gasteiger partial charge on any atom is -0.483 e. The van der Waals surface area contributed by atoms with E-state index in [4.69, 9.17) is 9.90 Å². The van der Waals surface area contributed by atoms with Gasteiger partial charge in [-0.2, -0.15) is 0 Å². The number of carboxylic acid groups (broad SMARTS) is 1. The number of rotatable bonds is 6. The summed E-state index contributed by atoms with van der Waals surface area (Å²) in [5.41, 5.74) is 1.52. The molecule has 8 nitrogen and oxygen atoms in total. The largest absolute Gasteiger partial charge is 0.483 e. The number of halogens is 1. The number of aliphatic hydroxyl groups is 1. The molecule has 0 spiro atoms. The monoisotopic (exact) mass is 431 g/mol. The van der Waals surface area contributed by atoms with Crippen LogP contribution in [0.1, 0.15) is 34.3 Å². The predicted molar refractivity (Wildman–Crippen MR) is 111 cm³/mol. The van der Waals surface area contributed by atoms with Crippen molar-refractivity contribution in [3.63, 3.8) is 0 Å². The fraction of sp³-hybridized carbons (Fsp3) is 0.364. The Morgan fingerprint density at radius 2 is 2.00 bits per heavy atom. The highest BCUT2D eigenvalue weighted by Gasteiger charge is 2.38. The fourth-order valence-corrected chi connectivity index (χ4v) is 3.57. The molecule has 1 aromatic heterocycles. The van der Waals surface area contributed by atoms with Gasteiger partial charge in [0, 0.05) is 24.9 Å². The maximum atomic E-state index is 14.0. The normalized spacial score (nSPS) is 19.6. The van der Waals surface area contributed by atoms with Crippen LogP contribution in [0.15, 0.2) is 42.7 Å². The molecule has 9 heteroatoms. The molecular formula is C22H26FN3O5. The van der Waals surface area contributed by atoms with Crippen LogP contribution in [0, 0.1) is 18.7 Å². The summed E-state index contributed by atoms with van der Waals surface area (Å²) < 4.78 is 14.0. The van der Waals surface area contributed by atoms with Crippen molar-refractivity contribution in [3.8, 4) is 0 Å². The van der Waals surface area contributed by atoms with E-state index in [-0.39, 0.29) is 24.4 Å². The number of carbonyl (C=O) groups excluding carboxylic acids is 2. The van der Waals surface area contributed by atoms with Gasteiger partial charge in [0.05, 0.1) is 17.7 Å². The van der Waals surface area contributed by atoms with Crippen LogP contribution in [0.2, 0.25) is 0 Å². The number of aromatic nitrogens is 1. The van der Waals surface area contributed by atoms with E-state index in [9.17, 15) is 19.1 Å². The lowest BCUT2D eigenvalue weighted by Gasteiger charge is -2.17. The van der Waals surface area contributed by atoms with Crippen molar-refractivity contribution in [1.29, 1.82) is 0 Å². The molecule has 0 bridgehead atoms. The van der Waals surface area contributed by atoms with Gasteiger partial charge in [-0.05, 0) is 49.4 Å². The van der Waals surface area contributed by atoms with Gasteiger partial charge >= 0.3 is 0 Å². The molecule has 166 valence electrons. The molecule has 3 rings (SSSR count). The Labute approximate surface area is 179 Å².